The number of thiophene rings is 1. The molecule has 0 bridgehead atoms. The van der Waals surface area contributed by atoms with Crippen molar-refractivity contribution in [1.82, 2.24) is 4.90 Å². The summed E-state index contributed by atoms with van der Waals surface area (Å²) in [5, 5.41) is 2.80. The van der Waals surface area contributed by atoms with Crippen molar-refractivity contribution in [3.05, 3.63) is 51.7 Å². The molecule has 0 spiro atoms. The Morgan fingerprint density at radius 2 is 1.74 bits per heavy atom. The Balaban J connectivity index is 1.76. The van der Waals surface area contributed by atoms with Crippen molar-refractivity contribution in [3.8, 4) is 0 Å². The number of hydrogen-bond donors (Lipinski definition) is 1. The highest BCUT2D eigenvalue weighted by atomic mass is 32.1. The molecule has 2 aromatic rings. The van der Waals surface area contributed by atoms with E-state index in [-0.39, 0.29) is 11.8 Å². The molecule has 1 fully saturated rings. The minimum Gasteiger partial charge on any atom is -0.465 e. The third kappa shape index (κ3) is 4.36. The summed E-state index contributed by atoms with van der Waals surface area (Å²) in [5.74, 6) is -0.275. The van der Waals surface area contributed by atoms with Crippen LogP contribution in [0, 0.1) is 5.92 Å². The van der Waals surface area contributed by atoms with Gasteiger partial charge in [-0.05, 0) is 43.0 Å². The number of benzene rings is 1. The molecule has 2 amide bonds. The first kappa shape index (κ1) is 19.1. The fourth-order valence-corrected chi connectivity index (χ4v) is 3.83. The van der Waals surface area contributed by atoms with Crippen molar-refractivity contribution < 1.29 is 19.1 Å². The second-order valence-electron chi connectivity index (χ2n) is 6.63. The molecule has 1 aliphatic heterocycles. The molecule has 1 aliphatic rings. The van der Waals surface area contributed by atoms with Gasteiger partial charge in [0, 0.05) is 13.1 Å². The maximum absolute atomic E-state index is 12.9. The molecule has 7 heteroatoms. The number of rotatable bonds is 4. The van der Waals surface area contributed by atoms with Crippen molar-refractivity contribution in [3.63, 3.8) is 0 Å². The van der Waals surface area contributed by atoms with Gasteiger partial charge in [-0.25, -0.2) is 4.79 Å². The highest BCUT2D eigenvalue weighted by Crippen LogP contribution is 2.24. The molecule has 0 saturated carbocycles. The zero-order chi connectivity index (χ0) is 19.4. The van der Waals surface area contributed by atoms with Gasteiger partial charge in [0.1, 0.15) is 4.88 Å². The number of hydrogen-bond acceptors (Lipinski definition) is 5. The Morgan fingerprint density at radius 3 is 2.44 bits per heavy atom. The van der Waals surface area contributed by atoms with E-state index in [0.29, 0.717) is 26.9 Å². The van der Waals surface area contributed by atoms with Gasteiger partial charge in [0.2, 0.25) is 0 Å². The molecule has 1 aromatic carbocycles. The lowest BCUT2D eigenvalue weighted by Crippen LogP contribution is -2.38. The van der Waals surface area contributed by atoms with Gasteiger partial charge in [0.05, 0.1) is 23.2 Å². The average molecular weight is 386 g/mol. The minimum absolute atomic E-state index is 0.0702. The number of carbonyl (C=O) groups excluding carboxylic acids is 3. The minimum atomic E-state index is -0.478. The number of nitrogens with one attached hydrogen (secondary N) is 1. The quantitative estimate of drug-likeness (QED) is 0.814. The number of esters is 1. The van der Waals surface area contributed by atoms with Gasteiger partial charge in [0.15, 0.2) is 0 Å². The molecule has 142 valence electrons. The van der Waals surface area contributed by atoms with Crippen LogP contribution < -0.4 is 5.32 Å². The predicted octanol–water partition coefficient (Wildman–Crippen LogP) is 3.66. The number of ether oxygens (including phenoxy) is 1. The van der Waals surface area contributed by atoms with Crippen LogP contribution in [-0.4, -0.2) is 42.9 Å². The van der Waals surface area contributed by atoms with Gasteiger partial charge in [0.25, 0.3) is 11.8 Å². The standard InChI is InChI=1S/C20H22N2O4S/c1-13-9-11-22(12-10-13)19(24)14-5-3-4-6-15(14)21-18(23)16-7-8-17(27-16)20(25)26-2/h3-8,13H,9-12H2,1-2H3,(H,21,23). The number of carbonyl (C=O) groups is 3. The second-order valence-corrected chi connectivity index (χ2v) is 7.71. The number of anilines is 1. The van der Waals surface area contributed by atoms with Crippen LogP contribution in [0.5, 0.6) is 0 Å². The third-order valence-electron chi connectivity index (χ3n) is 4.69. The Labute approximate surface area is 162 Å². The molecule has 27 heavy (non-hydrogen) atoms. The van der Waals surface area contributed by atoms with E-state index in [4.69, 9.17) is 0 Å². The SMILES string of the molecule is COC(=O)c1ccc(C(=O)Nc2ccccc2C(=O)N2CCC(C)CC2)s1. The van der Waals surface area contributed by atoms with Gasteiger partial charge in [-0.2, -0.15) is 0 Å². The molecule has 1 saturated heterocycles. The van der Waals surface area contributed by atoms with Gasteiger partial charge in [-0.3, -0.25) is 9.59 Å². The molecule has 1 N–H and O–H groups in total. The lowest BCUT2D eigenvalue weighted by molar-refractivity contribution is 0.0605. The summed E-state index contributed by atoms with van der Waals surface area (Å²) in [4.78, 5) is 39.6. The smallest absolute Gasteiger partial charge is 0.348 e. The number of nitrogens with zero attached hydrogens (tertiary/aromatic N) is 1. The van der Waals surface area contributed by atoms with Crippen LogP contribution in [0.25, 0.3) is 0 Å². The zero-order valence-electron chi connectivity index (χ0n) is 15.4. The molecular weight excluding hydrogens is 364 g/mol. The summed E-state index contributed by atoms with van der Waals surface area (Å²) in [6.45, 7) is 3.66. The summed E-state index contributed by atoms with van der Waals surface area (Å²) >= 11 is 1.05. The van der Waals surface area contributed by atoms with E-state index >= 15 is 0 Å². The van der Waals surface area contributed by atoms with Crippen LogP contribution in [0.4, 0.5) is 5.69 Å². The van der Waals surface area contributed by atoms with E-state index in [0.717, 1.165) is 37.3 Å². The first-order valence-corrected chi connectivity index (χ1v) is 9.69. The Hall–Kier alpha value is -2.67. The average Bonchev–Trinajstić information content (AvgIpc) is 3.18. The summed E-state index contributed by atoms with van der Waals surface area (Å²) < 4.78 is 4.66. The summed E-state index contributed by atoms with van der Waals surface area (Å²) in [5.41, 5.74) is 0.948. The van der Waals surface area contributed by atoms with Gasteiger partial charge in [-0.15, -0.1) is 11.3 Å². The fraction of sp³-hybridized carbons (Fsp3) is 0.350. The number of amides is 2. The summed E-state index contributed by atoms with van der Waals surface area (Å²) in [6.07, 6.45) is 1.98. The lowest BCUT2D eigenvalue weighted by atomic mass is 9.98. The van der Waals surface area contributed by atoms with Crippen LogP contribution in [0.1, 0.15) is 49.5 Å². The highest BCUT2D eigenvalue weighted by Gasteiger charge is 2.24. The Kier molecular flexibility index (Phi) is 5.91. The maximum Gasteiger partial charge on any atom is 0.348 e. The topological polar surface area (TPSA) is 75.7 Å². The van der Waals surface area contributed by atoms with Crippen LogP contribution in [0.15, 0.2) is 36.4 Å². The lowest BCUT2D eigenvalue weighted by Gasteiger charge is -2.30. The maximum atomic E-state index is 12.9. The highest BCUT2D eigenvalue weighted by molar-refractivity contribution is 7.16. The van der Waals surface area contributed by atoms with E-state index in [1.54, 1.807) is 36.4 Å². The van der Waals surface area contributed by atoms with Crippen LogP contribution in [0.3, 0.4) is 0 Å². The van der Waals surface area contributed by atoms with Crippen molar-refractivity contribution in [1.29, 1.82) is 0 Å². The van der Waals surface area contributed by atoms with Crippen molar-refractivity contribution in [2.45, 2.75) is 19.8 Å². The molecular formula is C20H22N2O4S. The van der Waals surface area contributed by atoms with E-state index in [9.17, 15) is 14.4 Å². The number of methoxy groups -OCH3 is 1. The van der Waals surface area contributed by atoms with Crippen molar-refractivity contribution in [2.75, 3.05) is 25.5 Å². The summed E-state index contributed by atoms with van der Waals surface area (Å²) in [7, 11) is 1.30. The molecule has 0 atom stereocenters. The molecule has 2 heterocycles. The molecule has 1 aromatic heterocycles. The number of para-hydroxylation sites is 1. The van der Waals surface area contributed by atoms with Crippen LogP contribution in [-0.2, 0) is 4.74 Å². The molecule has 0 aliphatic carbocycles. The Morgan fingerprint density at radius 1 is 1.07 bits per heavy atom. The van der Waals surface area contributed by atoms with E-state index in [1.165, 1.54) is 7.11 Å². The van der Waals surface area contributed by atoms with Crippen LogP contribution in [0.2, 0.25) is 0 Å². The van der Waals surface area contributed by atoms with Crippen molar-refractivity contribution >= 4 is 34.8 Å². The van der Waals surface area contributed by atoms with E-state index < -0.39 is 5.97 Å². The van der Waals surface area contributed by atoms with Gasteiger partial charge < -0.3 is 15.0 Å². The monoisotopic (exact) mass is 386 g/mol. The Bertz CT molecular complexity index is 853. The number of piperidine rings is 1. The number of likely N-dealkylation sites (tertiary alicyclic amines) is 1. The molecule has 6 nitrogen and oxygen atoms in total. The summed E-state index contributed by atoms with van der Waals surface area (Å²) in [6, 6.07) is 10.1. The fourth-order valence-electron chi connectivity index (χ4n) is 3.01. The largest absolute Gasteiger partial charge is 0.465 e. The molecule has 0 unspecified atom stereocenters. The first-order valence-electron chi connectivity index (χ1n) is 8.87. The second kappa shape index (κ2) is 8.35. The predicted molar refractivity (Wildman–Crippen MR) is 104 cm³/mol. The zero-order valence-corrected chi connectivity index (χ0v) is 16.2. The molecule has 0 radical (unpaired) electrons. The molecule has 3 rings (SSSR count). The van der Waals surface area contributed by atoms with Gasteiger partial charge >= 0.3 is 5.97 Å². The van der Waals surface area contributed by atoms with E-state index in [2.05, 4.69) is 17.0 Å². The van der Waals surface area contributed by atoms with Crippen LogP contribution >= 0.6 is 11.3 Å². The van der Waals surface area contributed by atoms with Crippen molar-refractivity contribution in [2.24, 2.45) is 5.92 Å². The third-order valence-corrected chi connectivity index (χ3v) is 5.76. The van der Waals surface area contributed by atoms with Gasteiger partial charge in [-0.1, -0.05) is 19.1 Å². The first-order chi connectivity index (χ1) is 13.0. The van der Waals surface area contributed by atoms with E-state index in [1.807, 2.05) is 4.90 Å². The normalized spacial score (nSPS) is 14.7.